The molecule has 0 bridgehead atoms. The van der Waals surface area contributed by atoms with Crippen LogP contribution in [0.1, 0.15) is 11.1 Å². The highest BCUT2D eigenvalue weighted by Crippen LogP contribution is 2.39. The third-order valence-corrected chi connectivity index (χ3v) is 9.43. The van der Waals surface area contributed by atoms with E-state index in [0.29, 0.717) is 11.1 Å². The lowest BCUT2D eigenvalue weighted by atomic mass is 9.95. The third-order valence-electron chi connectivity index (χ3n) is 9.43. The smallest absolute Gasteiger partial charge is 0.102 e. The van der Waals surface area contributed by atoms with Crippen molar-refractivity contribution in [3.8, 4) is 45.8 Å². The molecule has 0 aliphatic heterocycles. The molecule has 0 saturated carbocycles. The van der Waals surface area contributed by atoms with E-state index in [4.69, 9.17) is 0 Å². The van der Waals surface area contributed by atoms with Gasteiger partial charge in [0, 0.05) is 32.7 Å². The first-order valence-corrected chi connectivity index (χ1v) is 15.9. The highest BCUT2D eigenvalue weighted by Gasteiger charge is 2.19. The SMILES string of the molecule is N#Cc1ccc2c3ccccc3n(-c3cccc(-c4ccc(-c5ccccc5-n5c6ccccc6c6ccccc65)cc4)c3C#N)c2c1. The van der Waals surface area contributed by atoms with Crippen LogP contribution in [-0.2, 0) is 0 Å². The molecule has 0 N–H and O–H groups in total. The Morgan fingerprint density at radius 1 is 0.375 bits per heavy atom. The Kier molecular flexibility index (Phi) is 6.22. The number of hydrogen-bond acceptors (Lipinski definition) is 2. The third kappa shape index (κ3) is 4.07. The van der Waals surface area contributed by atoms with E-state index in [2.05, 4.69) is 130 Å². The summed E-state index contributed by atoms with van der Waals surface area (Å²) in [5.41, 5.74) is 11.4. The van der Waals surface area contributed by atoms with Crippen LogP contribution < -0.4 is 0 Å². The number of para-hydroxylation sites is 4. The van der Waals surface area contributed by atoms with Crippen molar-refractivity contribution in [2.45, 2.75) is 0 Å². The predicted octanol–water partition coefficient (Wildman–Crippen LogP) is 11.0. The Morgan fingerprint density at radius 3 is 1.46 bits per heavy atom. The fourth-order valence-electron chi connectivity index (χ4n) is 7.31. The first kappa shape index (κ1) is 27.4. The minimum atomic E-state index is 0.581. The Balaban J connectivity index is 1.19. The Hall–Kier alpha value is -6.88. The molecular formula is C44H26N4. The van der Waals surface area contributed by atoms with Crippen molar-refractivity contribution >= 4 is 43.6 Å². The first-order chi connectivity index (χ1) is 23.7. The van der Waals surface area contributed by atoms with Gasteiger partial charge in [-0.2, -0.15) is 10.5 Å². The van der Waals surface area contributed by atoms with Crippen molar-refractivity contribution < 1.29 is 0 Å². The molecule has 2 aromatic heterocycles. The molecule has 0 aliphatic carbocycles. The van der Waals surface area contributed by atoms with Gasteiger partial charge >= 0.3 is 0 Å². The normalized spacial score (nSPS) is 11.3. The summed E-state index contributed by atoms with van der Waals surface area (Å²) >= 11 is 0. The van der Waals surface area contributed by atoms with Gasteiger partial charge in [0.25, 0.3) is 0 Å². The van der Waals surface area contributed by atoms with Gasteiger partial charge in [-0.15, -0.1) is 0 Å². The summed E-state index contributed by atoms with van der Waals surface area (Å²) in [6.45, 7) is 0. The molecule has 0 unspecified atom stereocenters. The van der Waals surface area contributed by atoms with E-state index in [1.165, 1.54) is 21.8 Å². The van der Waals surface area contributed by atoms with Crippen LogP contribution in [0.4, 0.5) is 0 Å². The molecule has 0 aliphatic rings. The molecule has 9 rings (SSSR count). The maximum absolute atomic E-state index is 10.6. The summed E-state index contributed by atoms with van der Waals surface area (Å²) < 4.78 is 4.47. The monoisotopic (exact) mass is 610 g/mol. The van der Waals surface area contributed by atoms with E-state index >= 15 is 0 Å². The van der Waals surface area contributed by atoms with Gasteiger partial charge in [-0.3, -0.25) is 0 Å². The van der Waals surface area contributed by atoms with Gasteiger partial charge in [0.1, 0.15) is 6.07 Å². The number of fused-ring (bicyclic) bond motifs is 6. The van der Waals surface area contributed by atoms with Crippen molar-refractivity contribution in [1.29, 1.82) is 10.5 Å². The zero-order valence-electron chi connectivity index (χ0n) is 25.8. The van der Waals surface area contributed by atoms with E-state index in [-0.39, 0.29) is 0 Å². The second kappa shape index (κ2) is 10.9. The summed E-state index contributed by atoms with van der Waals surface area (Å²) in [4.78, 5) is 0. The van der Waals surface area contributed by atoms with Crippen LogP contribution in [0, 0.1) is 22.7 Å². The Bertz CT molecular complexity index is 2750. The lowest BCUT2D eigenvalue weighted by Crippen LogP contribution is -2.00. The first-order valence-electron chi connectivity index (χ1n) is 15.9. The van der Waals surface area contributed by atoms with Gasteiger partial charge < -0.3 is 9.13 Å². The van der Waals surface area contributed by atoms with Crippen LogP contribution in [0.15, 0.2) is 158 Å². The largest absolute Gasteiger partial charge is 0.309 e. The molecule has 4 nitrogen and oxygen atoms in total. The van der Waals surface area contributed by atoms with Crippen LogP contribution in [0.2, 0.25) is 0 Å². The minimum absolute atomic E-state index is 0.581. The van der Waals surface area contributed by atoms with E-state index < -0.39 is 0 Å². The summed E-state index contributed by atoms with van der Waals surface area (Å²) in [7, 11) is 0. The minimum Gasteiger partial charge on any atom is -0.309 e. The van der Waals surface area contributed by atoms with E-state index in [1.807, 2.05) is 48.5 Å². The molecule has 48 heavy (non-hydrogen) atoms. The molecule has 0 amide bonds. The molecule has 0 spiro atoms. The van der Waals surface area contributed by atoms with Gasteiger partial charge in [0.05, 0.1) is 50.6 Å². The van der Waals surface area contributed by atoms with Crippen molar-refractivity contribution in [3.63, 3.8) is 0 Å². The molecule has 4 heteroatoms. The van der Waals surface area contributed by atoms with Gasteiger partial charge in [0.2, 0.25) is 0 Å². The molecule has 2 heterocycles. The molecule has 222 valence electrons. The average Bonchev–Trinajstić information content (AvgIpc) is 3.67. The van der Waals surface area contributed by atoms with Gasteiger partial charge in [-0.25, -0.2) is 0 Å². The number of benzene rings is 7. The number of rotatable bonds is 4. The highest BCUT2D eigenvalue weighted by molar-refractivity contribution is 6.11. The molecule has 0 fully saturated rings. The maximum Gasteiger partial charge on any atom is 0.102 e. The lowest BCUT2D eigenvalue weighted by molar-refractivity contribution is 1.17. The van der Waals surface area contributed by atoms with Crippen molar-refractivity contribution in [2.75, 3.05) is 0 Å². The number of hydrogen-bond donors (Lipinski definition) is 0. The van der Waals surface area contributed by atoms with E-state index in [9.17, 15) is 10.5 Å². The summed E-state index contributed by atoms with van der Waals surface area (Å²) in [6, 6.07) is 58.9. The van der Waals surface area contributed by atoms with Gasteiger partial charge in [-0.05, 0) is 53.6 Å². The molecular weight excluding hydrogens is 585 g/mol. The fraction of sp³-hybridized carbons (Fsp3) is 0. The standard InChI is InChI=1S/C44H26N4/c45-27-29-20-25-37-36-13-4-8-18-42(36)48(44(37)26-29)43-19-9-14-32(38(43)28-46)30-21-23-31(24-22-30)33-10-1-5-15-39(33)47-40-16-6-2-11-34(40)35-12-3-7-17-41(35)47/h1-26H. The predicted molar refractivity (Wildman–Crippen MR) is 195 cm³/mol. The topological polar surface area (TPSA) is 57.4 Å². The van der Waals surface area contributed by atoms with E-state index in [1.54, 1.807) is 0 Å². The van der Waals surface area contributed by atoms with Crippen LogP contribution in [-0.4, -0.2) is 9.13 Å². The summed E-state index contributed by atoms with van der Waals surface area (Å²) in [5.74, 6) is 0. The van der Waals surface area contributed by atoms with E-state index in [0.717, 1.165) is 55.4 Å². The van der Waals surface area contributed by atoms with Gasteiger partial charge in [-0.1, -0.05) is 115 Å². The average molecular weight is 611 g/mol. The second-order valence-corrected chi connectivity index (χ2v) is 12.0. The molecule has 0 radical (unpaired) electrons. The zero-order chi connectivity index (χ0) is 32.2. The molecule has 7 aromatic carbocycles. The Labute approximate surface area is 277 Å². The highest BCUT2D eigenvalue weighted by atomic mass is 15.0. The number of nitriles is 2. The quantitative estimate of drug-likeness (QED) is 0.199. The number of aromatic nitrogens is 2. The maximum atomic E-state index is 10.6. The summed E-state index contributed by atoms with van der Waals surface area (Å²) in [5, 5.41) is 24.9. The zero-order valence-corrected chi connectivity index (χ0v) is 25.8. The molecule has 0 atom stereocenters. The van der Waals surface area contributed by atoms with Crippen molar-refractivity contribution in [1.82, 2.24) is 9.13 Å². The lowest BCUT2D eigenvalue weighted by Gasteiger charge is -2.15. The summed E-state index contributed by atoms with van der Waals surface area (Å²) in [6.07, 6.45) is 0. The Morgan fingerprint density at radius 2 is 0.854 bits per heavy atom. The fourth-order valence-corrected chi connectivity index (χ4v) is 7.31. The molecule has 0 saturated heterocycles. The second-order valence-electron chi connectivity index (χ2n) is 12.0. The van der Waals surface area contributed by atoms with Crippen LogP contribution in [0.25, 0.3) is 77.2 Å². The van der Waals surface area contributed by atoms with Crippen molar-refractivity contribution in [3.05, 3.63) is 169 Å². The van der Waals surface area contributed by atoms with Crippen LogP contribution in [0.5, 0.6) is 0 Å². The molecule has 9 aromatic rings. The number of nitrogens with zero attached hydrogens (tertiary/aromatic N) is 4. The van der Waals surface area contributed by atoms with Crippen LogP contribution >= 0.6 is 0 Å². The van der Waals surface area contributed by atoms with Gasteiger partial charge in [0.15, 0.2) is 0 Å². The van der Waals surface area contributed by atoms with Crippen molar-refractivity contribution in [2.24, 2.45) is 0 Å². The van der Waals surface area contributed by atoms with Crippen LogP contribution in [0.3, 0.4) is 0 Å².